The van der Waals surface area contributed by atoms with Crippen LogP contribution in [-0.2, 0) is 11.2 Å². The van der Waals surface area contributed by atoms with Gasteiger partial charge in [0.05, 0.1) is 6.07 Å². The third-order valence-corrected chi connectivity index (χ3v) is 3.86. The van der Waals surface area contributed by atoms with Gasteiger partial charge in [-0.1, -0.05) is 37.1 Å². The molecule has 1 unspecified atom stereocenters. The van der Waals surface area contributed by atoms with Gasteiger partial charge in [0, 0.05) is 6.04 Å². The van der Waals surface area contributed by atoms with Gasteiger partial charge in [-0.15, -0.1) is 0 Å². The van der Waals surface area contributed by atoms with E-state index in [0.29, 0.717) is 6.42 Å². The predicted molar refractivity (Wildman–Crippen MR) is 74.4 cm³/mol. The van der Waals surface area contributed by atoms with E-state index in [2.05, 4.69) is 11.4 Å². The Morgan fingerprint density at radius 2 is 2.11 bits per heavy atom. The van der Waals surface area contributed by atoms with Crippen LogP contribution in [0.3, 0.4) is 0 Å². The zero-order valence-corrected chi connectivity index (χ0v) is 11.4. The van der Waals surface area contributed by atoms with Crippen LogP contribution >= 0.6 is 0 Å². The first kappa shape index (κ1) is 13.6. The number of carbonyl (C=O) groups is 1. The molecule has 0 radical (unpaired) electrons. The highest BCUT2D eigenvalue weighted by atomic mass is 16.1. The summed E-state index contributed by atoms with van der Waals surface area (Å²) in [6.07, 6.45) is 4.96. The maximum Gasteiger partial charge on any atom is 0.237 e. The Bertz CT molecular complexity index is 484. The number of rotatable bonds is 4. The van der Waals surface area contributed by atoms with E-state index in [4.69, 9.17) is 0 Å². The van der Waals surface area contributed by atoms with Gasteiger partial charge in [-0.2, -0.15) is 5.26 Å². The molecule has 1 atom stereocenters. The lowest BCUT2D eigenvalue weighted by molar-refractivity contribution is -0.124. The van der Waals surface area contributed by atoms with Gasteiger partial charge < -0.3 is 5.32 Å². The van der Waals surface area contributed by atoms with Crippen molar-refractivity contribution in [3.05, 3.63) is 35.4 Å². The number of hydrogen-bond acceptors (Lipinski definition) is 2. The quantitative estimate of drug-likeness (QED) is 0.900. The molecule has 2 rings (SSSR count). The van der Waals surface area contributed by atoms with E-state index in [1.54, 1.807) is 0 Å². The van der Waals surface area contributed by atoms with Crippen molar-refractivity contribution in [2.45, 2.75) is 45.1 Å². The first-order valence-electron chi connectivity index (χ1n) is 6.95. The van der Waals surface area contributed by atoms with Gasteiger partial charge in [-0.05, 0) is 37.3 Å². The molecule has 1 saturated carbocycles. The topological polar surface area (TPSA) is 52.9 Å². The summed E-state index contributed by atoms with van der Waals surface area (Å²) in [6, 6.07) is 10.3. The summed E-state index contributed by atoms with van der Waals surface area (Å²) in [5.74, 6) is -0.695. The van der Waals surface area contributed by atoms with Crippen molar-refractivity contribution < 1.29 is 4.79 Å². The molecule has 100 valence electrons. The molecule has 3 nitrogen and oxygen atoms in total. The molecule has 1 amide bonds. The fourth-order valence-electron chi connectivity index (χ4n) is 2.63. The number of carbonyl (C=O) groups excluding carboxylic acids is 1. The second-order valence-corrected chi connectivity index (χ2v) is 5.30. The van der Waals surface area contributed by atoms with Crippen LogP contribution in [0.15, 0.2) is 24.3 Å². The number of amides is 1. The zero-order chi connectivity index (χ0) is 13.7. The molecule has 0 saturated heterocycles. The van der Waals surface area contributed by atoms with Crippen LogP contribution in [0, 0.1) is 24.2 Å². The Morgan fingerprint density at radius 3 is 2.74 bits per heavy atom. The molecule has 0 bridgehead atoms. The van der Waals surface area contributed by atoms with Crippen LogP contribution in [0.2, 0.25) is 0 Å². The maximum atomic E-state index is 12.1. The summed E-state index contributed by atoms with van der Waals surface area (Å²) >= 11 is 0. The van der Waals surface area contributed by atoms with Crippen LogP contribution in [0.4, 0.5) is 0 Å². The lowest BCUT2D eigenvalue weighted by Crippen LogP contribution is -2.37. The van der Waals surface area contributed by atoms with Crippen molar-refractivity contribution in [3.63, 3.8) is 0 Å². The molecule has 1 N–H and O–H groups in total. The number of nitriles is 1. The number of nitrogens with one attached hydrogen (secondary N) is 1. The van der Waals surface area contributed by atoms with E-state index in [9.17, 15) is 10.1 Å². The van der Waals surface area contributed by atoms with Crippen molar-refractivity contribution in [2.75, 3.05) is 0 Å². The van der Waals surface area contributed by atoms with Gasteiger partial charge in [0.2, 0.25) is 5.91 Å². The predicted octanol–water partition coefficient (Wildman–Crippen LogP) is 2.74. The second-order valence-electron chi connectivity index (χ2n) is 5.30. The zero-order valence-electron chi connectivity index (χ0n) is 11.4. The fourth-order valence-corrected chi connectivity index (χ4v) is 2.63. The molecular formula is C16H20N2O. The molecule has 0 spiro atoms. The van der Waals surface area contributed by atoms with Gasteiger partial charge in [-0.3, -0.25) is 4.79 Å². The number of aryl methyl sites for hydroxylation is 1. The van der Waals surface area contributed by atoms with Crippen molar-refractivity contribution in [2.24, 2.45) is 5.92 Å². The van der Waals surface area contributed by atoms with Gasteiger partial charge in [-0.25, -0.2) is 0 Å². The third kappa shape index (κ3) is 3.57. The Kier molecular flexibility index (Phi) is 4.57. The van der Waals surface area contributed by atoms with Crippen LogP contribution in [0.25, 0.3) is 0 Å². The summed E-state index contributed by atoms with van der Waals surface area (Å²) in [6.45, 7) is 2.01. The Balaban J connectivity index is 1.98. The first-order chi connectivity index (χ1) is 9.20. The summed E-state index contributed by atoms with van der Waals surface area (Å²) in [7, 11) is 0. The normalized spacial score (nSPS) is 16.8. The molecular weight excluding hydrogens is 236 g/mol. The first-order valence-corrected chi connectivity index (χ1v) is 6.95. The summed E-state index contributed by atoms with van der Waals surface area (Å²) in [4.78, 5) is 12.1. The van der Waals surface area contributed by atoms with Crippen LogP contribution < -0.4 is 5.32 Å². The molecule has 3 heteroatoms. The van der Waals surface area contributed by atoms with Gasteiger partial charge in [0.25, 0.3) is 0 Å². The lowest BCUT2D eigenvalue weighted by atomic mass is 9.96. The van der Waals surface area contributed by atoms with Crippen molar-refractivity contribution in [1.29, 1.82) is 5.26 Å². The standard InChI is InChI=1S/C16H20N2O/c1-12-6-2-3-7-13(12)10-14(11-17)16(19)18-15-8-4-5-9-15/h2-3,6-7,14-15H,4-5,8-10H2,1H3,(H,18,19). The monoisotopic (exact) mass is 256 g/mol. The minimum atomic E-state index is -0.582. The number of nitrogens with zero attached hydrogens (tertiary/aromatic N) is 1. The van der Waals surface area contributed by atoms with Gasteiger partial charge >= 0.3 is 0 Å². The summed E-state index contributed by atoms with van der Waals surface area (Å²) in [5.41, 5.74) is 2.21. The van der Waals surface area contributed by atoms with Crippen LogP contribution in [-0.4, -0.2) is 11.9 Å². The summed E-state index contributed by atoms with van der Waals surface area (Å²) in [5, 5.41) is 12.2. The van der Waals surface area contributed by atoms with E-state index >= 15 is 0 Å². The summed E-state index contributed by atoms with van der Waals surface area (Å²) < 4.78 is 0. The molecule has 0 aromatic heterocycles. The molecule has 0 heterocycles. The van der Waals surface area contributed by atoms with E-state index in [1.165, 1.54) is 12.8 Å². The number of hydrogen-bond donors (Lipinski definition) is 1. The maximum absolute atomic E-state index is 12.1. The van der Waals surface area contributed by atoms with E-state index in [-0.39, 0.29) is 11.9 Å². The van der Waals surface area contributed by atoms with E-state index in [1.807, 2.05) is 31.2 Å². The average molecular weight is 256 g/mol. The lowest BCUT2D eigenvalue weighted by Gasteiger charge is -2.15. The SMILES string of the molecule is Cc1ccccc1CC(C#N)C(=O)NC1CCCC1. The molecule has 1 fully saturated rings. The highest BCUT2D eigenvalue weighted by Crippen LogP contribution is 2.19. The molecule has 1 aromatic rings. The molecule has 1 aliphatic rings. The van der Waals surface area contributed by atoms with Crippen LogP contribution in [0.5, 0.6) is 0 Å². The molecule has 19 heavy (non-hydrogen) atoms. The van der Waals surface area contributed by atoms with Crippen LogP contribution in [0.1, 0.15) is 36.8 Å². The van der Waals surface area contributed by atoms with Crippen molar-refractivity contribution in [3.8, 4) is 6.07 Å². The minimum absolute atomic E-state index is 0.113. The van der Waals surface area contributed by atoms with Crippen molar-refractivity contribution in [1.82, 2.24) is 5.32 Å². The van der Waals surface area contributed by atoms with Gasteiger partial charge in [0.1, 0.15) is 5.92 Å². The van der Waals surface area contributed by atoms with E-state index in [0.717, 1.165) is 24.0 Å². The third-order valence-electron chi connectivity index (χ3n) is 3.86. The van der Waals surface area contributed by atoms with Gasteiger partial charge in [0.15, 0.2) is 0 Å². The highest BCUT2D eigenvalue weighted by molar-refractivity contribution is 5.81. The van der Waals surface area contributed by atoms with Crippen molar-refractivity contribution >= 4 is 5.91 Å². The highest BCUT2D eigenvalue weighted by Gasteiger charge is 2.23. The fraction of sp³-hybridized carbons (Fsp3) is 0.500. The molecule has 1 aliphatic carbocycles. The smallest absolute Gasteiger partial charge is 0.237 e. The molecule has 1 aromatic carbocycles. The number of benzene rings is 1. The largest absolute Gasteiger partial charge is 0.352 e. The second kappa shape index (κ2) is 6.38. The van der Waals surface area contributed by atoms with E-state index < -0.39 is 5.92 Å². The minimum Gasteiger partial charge on any atom is -0.352 e. The Hall–Kier alpha value is -1.82. The average Bonchev–Trinajstić information content (AvgIpc) is 2.90. The molecule has 0 aliphatic heterocycles. The Morgan fingerprint density at radius 1 is 1.42 bits per heavy atom. The Labute approximate surface area is 114 Å².